The minimum Gasteiger partial charge on any atom is -0.373 e. The topological polar surface area (TPSA) is 52.7 Å². The van der Waals surface area contributed by atoms with Crippen LogP contribution in [-0.2, 0) is 16.0 Å². The third-order valence-electron chi connectivity index (χ3n) is 3.70. The third-order valence-corrected chi connectivity index (χ3v) is 3.70. The highest BCUT2D eigenvalue weighted by Gasteiger charge is 2.30. The Balaban J connectivity index is 2.04. The number of fused-ring (bicyclic) bond motifs is 1. The molecule has 0 saturated carbocycles. The number of anilines is 1. The van der Waals surface area contributed by atoms with Crippen molar-refractivity contribution in [2.75, 3.05) is 32.5 Å². The van der Waals surface area contributed by atoms with Gasteiger partial charge in [0.25, 0.3) is 0 Å². The molecule has 1 aliphatic rings. The lowest BCUT2D eigenvalue weighted by Gasteiger charge is -2.26. The number of benzene rings is 1. The van der Waals surface area contributed by atoms with Crippen molar-refractivity contribution in [1.29, 1.82) is 0 Å². The minimum absolute atomic E-state index is 0.00301. The van der Waals surface area contributed by atoms with Crippen LogP contribution >= 0.6 is 0 Å². The van der Waals surface area contributed by atoms with Crippen molar-refractivity contribution in [1.82, 2.24) is 9.80 Å². The van der Waals surface area contributed by atoms with E-state index < -0.39 is 0 Å². The summed E-state index contributed by atoms with van der Waals surface area (Å²) >= 11 is 0. The van der Waals surface area contributed by atoms with Gasteiger partial charge in [0.1, 0.15) is 6.04 Å². The molecule has 0 saturated heterocycles. The summed E-state index contributed by atoms with van der Waals surface area (Å²) < 4.78 is 0. The lowest BCUT2D eigenvalue weighted by Crippen LogP contribution is -2.46. The first-order valence-corrected chi connectivity index (χ1v) is 7.36. The predicted octanol–water partition coefficient (Wildman–Crippen LogP) is 1.35. The summed E-state index contributed by atoms with van der Waals surface area (Å²) in [4.78, 5) is 27.7. The van der Waals surface area contributed by atoms with Gasteiger partial charge in [-0.05, 0) is 18.1 Å². The molecule has 2 rings (SSSR count). The molecule has 0 spiro atoms. The van der Waals surface area contributed by atoms with Gasteiger partial charge in [-0.2, -0.15) is 0 Å². The SMILES string of the molecule is CCCN(CC(=O)N(C)C)C(=O)[C@@H]1Cc2ccccc2N1. The van der Waals surface area contributed by atoms with Crippen LogP contribution in [0.15, 0.2) is 24.3 Å². The smallest absolute Gasteiger partial charge is 0.245 e. The summed E-state index contributed by atoms with van der Waals surface area (Å²) in [6.07, 6.45) is 1.53. The third kappa shape index (κ3) is 3.54. The van der Waals surface area contributed by atoms with Crippen molar-refractivity contribution in [2.45, 2.75) is 25.8 Å². The highest BCUT2D eigenvalue weighted by molar-refractivity contribution is 5.90. The second-order valence-corrected chi connectivity index (χ2v) is 5.61. The molecule has 0 bridgehead atoms. The number of carbonyl (C=O) groups is 2. The number of nitrogens with one attached hydrogen (secondary N) is 1. The number of likely N-dealkylation sites (N-methyl/N-ethyl adjacent to an activating group) is 1. The summed E-state index contributed by atoms with van der Waals surface area (Å²) in [7, 11) is 3.42. The van der Waals surface area contributed by atoms with Crippen molar-refractivity contribution in [3.05, 3.63) is 29.8 Å². The quantitative estimate of drug-likeness (QED) is 0.890. The molecule has 1 aromatic rings. The Morgan fingerprint density at radius 2 is 2.00 bits per heavy atom. The Morgan fingerprint density at radius 1 is 1.29 bits per heavy atom. The fourth-order valence-electron chi connectivity index (χ4n) is 2.51. The van der Waals surface area contributed by atoms with Crippen molar-refractivity contribution < 1.29 is 9.59 Å². The summed E-state index contributed by atoms with van der Waals surface area (Å²) in [5.41, 5.74) is 2.18. The van der Waals surface area contributed by atoms with Gasteiger partial charge in [0, 0.05) is 32.7 Å². The first kappa shape index (κ1) is 15.4. The largest absolute Gasteiger partial charge is 0.373 e. The average molecular weight is 289 g/mol. The van der Waals surface area contributed by atoms with Crippen LogP contribution in [0.3, 0.4) is 0 Å². The molecule has 2 amide bonds. The van der Waals surface area contributed by atoms with Crippen LogP contribution in [0.5, 0.6) is 0 Å². The maximum Gasteiger partial charge on any atom is 0.245 e. The first-order valence-electron chi connectivity index (χ1n) is 7.36. The minimum atomic E-state index is -0.260. The number of hydrogen-bond donors (Lipinski definition) is 1. The van der Waals surface area contributed by atoms with Crippen molar-refractivity contribution in [3.8, 4) is 0 Å². The summed E-state index contributed by atoms with van der Waals surface area (Å²) in [6, 6.07) is 7.69. The summed E-state index contributed by atoms with van der Waals surface area (Å²) in [5.74, 6) is -0.0458. The fourth-order valence-corrected chi connectivity index (χ4v) is 2.51. The van der Waals surface area contributed by atoms with E-state index in [2.05, 4.69) is 5.32 Å². The molecule has 0 aromatic heterocycles. The zero-order chi connectivity index (χ0) is 15.4. The van der Waals surface area contributed by atoms with E-state index in [1.807, 2.05) is 31.2 Å². The van der Waals surface area contributed by atoms with Crippen molar-refractivity contribution in [3.63, 3.8) is 0 Å². The van der Waals surface area contributed by atoms with Gasteiger partial charge in [0.05, 0.1) is 6.54 Å². The Hall–Kier alpha value is -2.04. The van der Waals surface area contributed by atoms with Crippen LogP contribution in [0.2, 0.25) is 0 Å². The molecular formula is C16H23N3O2. The van der Waals surface area contributed by atoms with E-state index in [1.165, 1.54) is 4.90 Å². The summed E-state index contributed by atoms with van der Waals surface area (Å²) in [5, 5.41) is 3.26. The molecule has 1 aliphatic heterocycles. The van der Waals surface area contributed by atoms with Gasteiger partial charge in [0.15, 0.2) is 0 Å². The van der Waals surface area contributed by atoms with Gasteiger partial charge in [-0.25, -0.2) is 0 Å². The normalized spacial score (nSPS) is 16.0. The number of amides is 2. The number of rotatable bonds is 5. The fraction of sp³-hybridized carbons (Fsp3) is 0.500. The van der Waals surface area contributed by atoms with Crippen molar-refractivity contribution in [2.24, 2.45) is 0 Å². The first-order chi connectivity index (χ1) is 10.0. The zero-order valence-electron chi connectivity index (χ0n) is 12.9. The second-order valence-electron chi connectivity index (χ2n) is 5.61. The molecular weight excluding hydrogens is 266 g/mol. The average Bonchev–Trinajstić information content (AvgIpc) is 2.89. The number of hydrogen-bond acceptors (Lipinski definition) is 3. The van der Waals surface area contributed by atoms with Gasteiger partial charge < -0.3 is 15.1 Å². The predicted molar refractivity (Wildman–Crippen MR) is 83.1 cm³/mol. The van der Waals surface area contributed by atoms with E-state index in [-0.39, 0.29) is 24.4 Å². The Labute approximate surface area is 125 Å². The molecule has 114 valence electrons. The molecule has 0 unspecified atom stereocenters. The Bertz CT molecular complexity index is 503. The maximum absolute atomic E-state index is 12.7. The standard InChI is InChI=1S/C16H23N3O2/c1-4-9-19(11-15(20)18(2)3)16(21)14-10-12-7-5-6-8-13(12)17-14/h5-8,14,17H,4,9-11H2,1-3H3/t14-/m0/s1. The molecule has 1 heterocycles. The van der Waals surface area contributed by atoms with E-state index >= 15 is 0 Å². The van der Waals surface area contributed by atoms with Gasteiger partial charge in [0.2, 0.25) is 11.8 Å². The molecule has 5 heteroatoms. The molecule has 5 nitrogen and oxygen atoms in total. The van der Waals surface area contributed by atoms with E-state index in [9.17, 15) is 9.59 Å². The van der Waals surface area contributed by atoms with Crippen LogP contribution in [-0.4, -0.2) is 54.8 Å². The molecule has 21 heavy (non-hydrogen) atoms. The van der Waals surface area contributed by atoms with Crippen LogP contribution in [0.1, 0.15) is 18.9 Å². The molecule has 0 fully saturated rings. The molecule has 1 atom stereocenters. The Kier molecular flexibility index (Phi) is 4.83. The maximum atomic E-state index is 12.7. The van der Waals surface area contributed by atoms with Crippen molar-refractivity contribution >= 4 is 17.5 Å². The molecule has 1 N–H and O–H groups in total. The van der Waals surface area contributed by atoms with Crippen LogP contribution in [0.25, 0.3) is 0 Å². The molecule has 0 radical (unpaired) electrons. The zero-order valence-corrected chi connectivity index (χ0v) is 12.9. The monoisotopic (exact) mass is 289 g/mol. The van der Waals surface area contributed by atoms with Gasteiger partial charge in [-0.15, -0.1) is 0 Å². The van der Waals surface area contributed by atoms with E-state index in [0.717, 1.165) is 17.7 Å². The lowest BCUT2D eigenvalue weighted by atomic mass is 10.1. The number of carbonyl (C=O) groups excluding carboxylic acids is 2. The van der Waals surface area contributed by atoms with Crippen LogP contribution < -0.4 is 5.32 Å². The van der Waals surface area contributed by atoms with Gasteiger partial charge in [-0.1, -0.05) is 25.1 Å². The van der Waals surface area contributed by atoms with Crippen LogP contribution in [0.4, 0.5) is 5.69 Å². The van der Waals surface area contributed by atoms with E-state index in [1.54, 1.807) is 19.0 Å². The summed E-state index contributed by atoms with van der Waals surface area (Å²) in [6.45, 7) is 2.76. The van der Waals surface area contributed by atoms with E-state index in [0.29, 0.717) is 13.0 Å². The molecule has 0 aliphatic carbocycles. The number of nitrogens with zero attached hydrogens (tertiary/aromatic N) is 2. The highest BCUT2D eigenvalue weighted by Crippen LogP contribution is 2.26. The number of para-hydroxylation sites is 1. The lowest BCUT2D eigenvalue weighted by molar-refractivity contribution is -0.139. The van der Waals surface area contributed by atoms with E-state index in [4.69, 9.17) is 0 Å². The second kappa shape index (κ2) is 6.61. The van der Waals surface area contributed by atoms with Crippen LogP contribution in [0, 0.1) is 0 Å². The molecule has 1 aromatic carbocycles. The van der Waals surface area contributed by atoms with Gasteiger partial charge in [-0.3, -0.25) is 9.59 Å². The highest BCUT2D eigenvalue weighted by atomic mass is 16.2. The Morgan fingerprint density at radius 3 is 2.62 bits per heavy atom. The van der Waals surface area contributed by atoms with Gasteiger partial charge >= 0.3 is 0 Å².